The molecule has 9 heteroatoms. The Morgan fingerprint density at radius 2 is 0.633 bits per heavy atom. The van der Waals surface area contributed by atoms with Crippen LogP contribution in [0.1, 0.15) is 316 Å². The van der Waals surface area contributed by atoms with E-state index in [0.717, 1.165) is 122 Å². The zero-order valence-electron chi connectivity index (χ0n) is 59.0. The maximum absolute atomic E-state index is 12.9. The van der Waals surface area contributed by atoms with Gasteiger partial charge < -0.3 is 33.3 Å². The highest BCUT2D eigenvalue weighted by Gasteiger charge is 2.22. The van der Waals surface area contributed by atoms with Crippen molar-refractivity contribution in [1.29, 1.82) is 0 Å². The summed E-state index contributed by atoms with van der Waals surface area (Å²) in [6.07, 6.45) is 97.2. The quantitative estimate of drug-likeness (QED) is 0.0195. The summed E-state index contributed by atoms with van der Waals surface area (Å²) in [5, 5.41) is 11.8. The first kappa shape index (κ1) is 85.7. The molecule has 0 aliphatic carbocycles. The van der Waals surface area contributed by atoms with Crippen LogP contribution in [0.4, 0.5) is 0 Å². The lowest BCUT2D eigenvalue weighted by Crippen LogP contribution is -2.44. The van der Waals surface area contributed by atoms with Gasteiger partial charge in [0.2, 0.25) is 0 Å². The van der Waals surface area contributed by atoms with Crippen LogP contribution in [0, 0.1) is 0 Å². The molecule has 90 heavy (non-hydrogen) atoms. The van der Waals surface area contributed by atoms with Crippen molar-refractivity contribution >= 4 is 17.9 Å². The zero-order valence-corrected chi connectivity index (χ0v) is 59.0. The standard InChI is InChI=1S/C81H139NO8/c1-6-8-10-12-14-16-18-20-22-24-26-28-30-32-34-36-37-38-39-40-41-42-43-44-46-48-50-52-54-56-58-60-62-64-66-68-70-72-79(84)90-77(76-89-81(80(85)86)87-74-73-82(3,4)5)75-88-78(83)71-69-67-65-63-61-59-57-55-53-51-49-47-45-35-33-31-29-27-25-23-21-19-17-15-13-11-9-7-2/h8,10,14,16,20,22,26,28,32,34,37-38,40-41,43-44,48,50,54,56,77,81H,6-7,9,11-13,15,17-19,21,23-25,27,29-31,33,35-36,39,42,45-47,49,51-53,55,57-76H2,1-5H3/b10-8-,16-14-,22-20-,28-26-,34-32-,38-37-,41-40-,44-43-,50-48-,56-54-. The van der Waals surface area contributed by atoms with E-state index in [2.05, 4.69) is 135 Å². The average Bonchev–Trinajstić information content (AvgIpc) is 3.74. The van der Waals surface area contributed by atoms with Crippen LogP contribution >= 0.6 is 0 Å². The van der Waals surface area contributed by atoms with E-state index in [1.807, 2.05) is 21.1 Å². The number of nitrogens with zero attached hydrogens (tertiary/aromatic N) is 1. The molecule has 0 spiro atoms. The number of rotatable bonds is 68. The Kier molecular flexibility index (Phi) is 67.2. The van der Waals surface area contributed by atoms with Crippen molar-refractivity contribution in [3.63, 3.8) is 0 Å². The molecular formula is C81H139NO8. The van der Waals surface area contributed by atoms with E-state index >= 15 is 0 Å². The number of aliphatic carboxylic acids is 1. The number of allylic oxidation sites excluding steroid dienone is 20. The third-order valence-electron chi connectivity index (χ3n) is 16.0. The van der Waals surface area contributed by atoms with Gasteiger partial charge in [0.25, 0.3) is 0 Å². The van der Waals surface area contributed by atoms with Crippen LogP contribution in [-0.4, -0.2) is 82.3 Å². The molecule has 2 atom stereocenters. The lowest BCUT2D eigenvalue weighted by molar-refractivity contribution is -0.870. The highest BCUT2D eigenvalue weighted by molar-refractivity contribution is 5.70. The van der Waals surface area contributed by atoms with Crippen LogP contribution in [0.3, 0.4) is 0 Å². The van der Waals surface area contributed by atoms with E-state index in [4.69, 9.17) is 18.9 Å². The fourth-order valence-corrected chi connectivity index (χ4v) is 10.3. The minimum atomic E-state index is -1.63. The molecule has 0 amide bonds. The number of ether oxygens (including phenoxy) is 4. The lowest BCUT2D eigenvalue weighted by atomic mass is 10.0. The summed E-state index contributed by atoms with van der Waals surface area (Å²) in [5.74, 6) is -2.30. The molecule has 0 aromatic carbocycles. The van der Waals surface area contributed by atoms with Crippen molar-refractivity contribution in [2.24, 2.45) is 0 Å². The summed E-state index contributed by atoms with van der Waals surface area (Å²) >= 11 is 0. The Labute approximate surface area is 555 Å². The third-order valence-corrected chi connectivity index (χ3v) is 16.0. The van der Waals surface area contributed by atoms with Crippen LogP contribution in [0.15, 0.2) is 122 Å². The van der Waals surface area contributed by atoms with Crippen molar-refractivity contribution in [2.45, 2.75) is 328 Å². The van der Waals surface area contributed by atoms with Gasteiger partial charge in [-0.25, -0.2) is 0 Å². The number of unbranched alkanes of at least 4 members (excludes halogenated alkanes) is 33. The molecule has 0 aliphatic rings. The van der Waals surface area contributed by atoms with E-state index in [1.165, 1.54) is 161 Å². The first-order valence-corrected chi connectivity index (χ1v) is 37.2. The van der Waals surface area contributed by atoms with Crippen LogP contribution in [0.25, 0.3) is 0 Å². The first-order valence-electron chi connectivity index (χ1n) is 37.2. The van der Waals surface area contributed by atoms with Gasteiger partial charge in [-0.1, -0.05) is 334 Å². The molecule has 516 valence electrons. The minimum Gasteiger partial charge on any atom is -0.545 e. The summed E-state index contributed by atoms with van der Waals surface area (Å²) in [6.45, 7) is 4.65. The molecule has 0 aliphatic heterocycles. The van der Waals surface area contributed by atoms with Crippen LogP contribution in [0.5, 0.6) is 0 Å². The van der Waals surface area contributed by atoms with Crippen LogP contribution < -0.4 is 5.11 Å². The first-order chi connectivity index (χ1) is 44.1. The number of carbonyl (C=O) groups excluding carboxylic acids is 3. The van der Waals surface area contributed by atoms with Crippen molar-refractivity contribution in [3.8, 4) is 0 Å². The van der Waals surface area contributed by atoms with Gasteiger partial charge in [0.05, 0.1) is 40.3 Å². The summed E-state index contributed by atoms with van der Waals surface area (Å²) in [5.41, 5.74) is 0. The monoisotopic (exact) mass is 1250 g/mol. The molecular weight excluding hydrogens is 1110 g/mol. The van der Waals surface area contributed by atoms with Gasteiger partial charge in [0.1, 0.15) is 13.2 Å². The molecule has 0 N–H and O–H groups in total. The molecule has 0 saturated heterocycles. The minimum absolute atomic E-state index is 0.140. The molecule has 0 saturated carbocycles. The highest BCUT2D eigenvalue weighted by atomic mass is 16.7. The van der Waals surface area contributed by atoms with Crippen molar-refractivity contribution < 1.29 is 42.9 Å². The van der Waals surface area contributed by atoms with Gasteiger partial charge in [0, 0.05) is 12.8 Å². The topological polar surface area (TPSA) is 111 Å². The molecule has 0 heterocycles. The number of carbonyl (C=O) groups is 3. The third kappa shape index (κ3) is 71.1. The summed E-state index contributed by atoms with van der Waals surface area (Å²) in [7, 11) is 5.93. The normalized spacial score (nSPS) is 13.4. The molecule has 0 fully saturated rings. The highest BCUT2D eigenvalue weighted by Crippen LogP contribution is 2.18. The average molecular weight is 1260 g/mol. The van der Waals surface area contributed by atoms with Gasteiger partial charge >= 0.3 is 11.9 Å². The Bertz CT molecular complexity index is 1900. The maximum atomic E-state index is 12.9. The second-order valence-electron chi connectivity index (χ2n) is 25.9. The SMILES string of the molecule is CC/C=C\C/C=C\C/C=C\C/C=C\C/C=C\C/C=C\C/C=C\C/C=C\C/C=C\C/C=C\CCCCCCCCC(=O)OC(COC(=O)CCCCCCCCCCCCCCCCCCCCCCCCCCCCCC)COC(OCC[N+](C)(C)C)C(=O)[O-]. The Morgan fingerprint density at radius 3 is 0.944 bits per heavy atom. The second kappa shape index (κ2) is 70.6. The predicted octanol–water partition coefficient (Wildman–Crippen LogP) is 22.2. The largest absolute Gasteiger partial charge is 0.545 e. The van der Waals surface area contributed by atoms with Gasteiger partial charge in [-0.05, 0) is 89.9 Å². The Morgan fingerprint density at radius 1 is 0.344 bits per heavy atom. The Balaban J connectivity index is 4.16. The molecule has 0 aromatic rings. The summed E-state index contributed by atoms with van der Waals surface area (Å²) in [4.78, 5) is 37.5. The van der Waals surface area contributed by atoms with E-state index in [1.54, 1.807) is 0 Å². The predicted molar refractivity (Wildman–Crippen MR) is 384 cm³/mol. The second-order valence-corrected chi connectivity index (χ2v) is 25.9. The number of quaternary nitrogens is 1. The molecule has 2 unspecified atom stereocenters. The van der Waals surface area contributed by atoms with Gasteiger partial charge in [-0.3, -0.25) is 9.59 Å². The molecule has 0 radical (unpaired) electrons. The van der Waals surface area contributed by atoms with Gasteiger partial charge in [0.15, 0.2) is 12.4 Å². The van der Waals surface area contributed by atoms with E-state index < -0.39 is 24.3 Å². The van der Waals surface area contributed by atoms with E-state index in [9.17, 15) is 19.5 Å². The molecule has 0 bridgehead atoms. The molecule has 0 aromatic heterocycles. The summed E-state index contributed by atoms with van der Waals surface area (Å²) in [6, 6.07) is 0. The molecule has 0 rings (SSSR count). The smallest absolute Gasteiger partial charge is 0.306 e. The number of esters is 2. The number of hydrogen-bond donors (Lipinski definition) is 0. The molecule has 9 nitrogen and oxygen atoms in total. The van der Waals surface area contributed by atoms with E-state index in [0.29, 0.717) is 17.4 Å². The number of carboxylic acids is 1. The van der Waals surface area contributed by atoms with Crippen molar-refractivity contribution in [2.75, 3.05) is 47.5 Å². The summed E-state index contributed by atoms with van der Waals surface area (Å²) < 4.78 is 22.8. The maximum Gasteiger partial charge on any atom is 0.306 e. The fourth-order valence-electron chi connectivity index (χ4n) is 10.3. The Hall–Kier alpha value is -4.31. The van der Waals surface area contributed by atoms with Crippen molar-refractivity contribution in [3.05, 3.63) is 122 Å². The van der Waals surface area contributed by atoms with Crippen LogP contribution in [-0.2, 0) is 33.3 Å². The van der Waals surface area contributed by atoms with Crippen molar-refractivity contribution in [1.82, 2.24) is 0 Å². The number of carboxylic acid groups (broad SMARTS) is 1. The van der Waals surface area contributed by atoms with Crippen LogP contribution in [0.2, 0.25) is 0 Å². The van der Waals surface area contributed by atoms with Gasteiger partial charge in [-0.15, -0.1) is 0 Å². The lowest BCUT2D eigenvalue weighted by Gasteiger charge is -2.26. The van der Waals surface area contributed by atoms with E-state index in [-0.39, 0.29) is 38.6 Å². The zero-order chi connectivity index (χ0) is 65.4. The van der Waals surface area contributed by atoms with Gasteiger partial charge in [-0.2, -0.15) is 0 Å². The fraction of sp³-hybridized carbons (Fsp3) is 0.716. The number of hydrogen-bond acceptors (Lipinski definition) is 8. The number of likely N-dealkylation sites (N-methyl/N-ethyl adjacent to an activating group) is 1.